The maximum Gasteiger partial charge on any atom is 0.408 e. The molecule has 13 atom stereocenters. The van der Waals surface area contributed by atoms with Crippen LogP contribution in [0, 0.1) is 5.92 Å². The SMILES string of the molecule is C[C@@H](O)[C@@H]1NC(=O)C(NC(=O)OC(C)(C)C)C[C@@H](O)CNC(=O)[C@@H]2[C@@H](O)[C@@H](C)CN2C(=O)[C@H]([C@H](O)CCNC(=O)OCC2c3ccccc3-c3ccccc32)NC(=O)[C@H]([C@H](O)Cc2ccc(OCc3ccccc3)c(OCC(=O)OC(C)(C)C)c2)NC(=O)[C@@H]2C[C@@H](O)CN2C1=O. The summed E-state index contributed by atoms with van der Waals surface area (Å²) in [5.74, 6) is -8.87. The average molecular weight is 1340 g/mol. The number of carbonyl (C=O) groups is 9. The maximum absolute atomic E-state index is 15.3. The highest BCUT2D eigenvalue weighted by Crippen LogP contribution is 2.44. The monoisotopic (exact) mass is 1340 g/mol. The van der Waals surface area contributed by atoms with Crippen LogP contribution >= 0.6 is 0 Å². The Morgan fingerprint density at radius 2 is 1.25 bits per heavy atom. The van der Waals surface area contributed by atoms with Crippen LogP contribution in [0.15, 0.2) is 97.1 Å². The summed E-state index contributed by atoms with van der Waals surface area (Å²) in [6.07, 6.45) is -14.8. The standard InChI is InChI=1S/C68H88N8O20/c1-36-31-76-57(58(36)83)62(87)70-30-40(78)28-47(71-66(91)96-68(6,7)8)59(84)72-54(37(2)77)63(88)75-32-41(79)29-48(75)60(85)73-55(50(81)26-39-22-23-51(92-33-38-16-10-9-11-17-38)52(27-39)93-35-53(82)95-67(3,4)5)61(86)74-56(64(76)89)49(80)24-25-69-65(90)94-34-46-44-20-14-12-18-42(44)43-19-13-15-21-45(43)46/h9-23,27,36-37,40-41,46-50,54-58,77-81,83H,24-26,28-35H2,1-8H3,(H,69,90)(H,70,87)(H,71,91)(H,72,84)(H,73,85)(H,74,86)/t36-,37+,40+,41+,47?,48-,49+,50+,54-,55-,56-,57-,58-/m0/s1. The number of ether oxygens (including phenoxy) is 5. The molecule has 3 saturated heterocycles. The van der Waals surface area contributed by atoms with Crippen LogP contribution in [0.3, 0.4) is 0 Å². The number of alkyl carbamates (subject to hydrolysis) is 2. The lowest BCUT2D eigenvalue weighted by Gasteiger charge is -2.34. The summed E-state index contributed by atoms with van der Waals surface area (Å²) in [5, 5.41) is 84.7. The Morgan fingerprint density at radius 1 is 0.635 bits per heavy atom. The quantitative estimate of drug-likeness (QED) is 0.0517. The number of nitrogens with zero attached hydrogens (tertiary/aromatic N) is 2. The van der Waals surface area contributed by atoms with Crippen LogP contribution in [0.1, 0.15) is 103 Å². The first kappa shape index (κ1) is 72.9. The van der Waals surface area contributed by atoms with Crippen LogP contribution in [0.25, 0.3) is 11.1 Å². The predicted octanol–water partition coefficient (Wildman–Crippen LogP) is 0.958. The summed E-state index contributed by atoms with van der Waals surface area (Å²) >= 11 is 0. The minimum Gasteiger partial charge on any atom is -0.485 e. The van der Waals surface area contributed by atoms with Gasteiger partial charge in [0, 0.05) is 57.3 Å². The fourth-order valence-electron chi connectivity index (χ4n) is 12.0. The van der Waals surface area contributed by atoms with Gasteiger partial charge in [0.15, 0.2) is 18.1 Å². The third kappa shape index (κ3) is 19.0. The molecule has 12 N–H and O–H groups in total. The number of fused-ring (bicyclic) bond motifs is 5. The maximum atomic E-state index is 15.3. The van der Waals surface area contributed by atoms with Gasteiger partial charge < -0.3 is 96.0 Å². The molecule has 4 aromatic rings. The van der Waals surface area contributed by atoms with Crippen LogP contribution in [-0.2, 0) is 60.8 Å². The molecule has 0 aromatic heterocycles. The second-order valence-electron chi connectivity index (χ2n) is 26.6. The van der Waals surface area contributed by atoms with Gasteiger partial charge in [-0.05, 0) is 100 Å². The number of hydrogen-bond donors (Lipinski definition) is 12. The van der Waals surface area contributed by atoms with Gasteiger partial charge in [-0.25, -0.2) is 14.4 Å². The Kier molecular flexibility index (Phi) is 24.1. The number of rotatable bonds is 17. The predicted molar refractivity (Wildman–Crippen MR) is 343 cm³/mol. The van der Waals surface area contributed by atoms with Gasteiger partial charge in [0.1, 0.15) is 60.7 Å². The zero-order valence-electron chi connectivity index (χ0n) is 54.9. The first-order valence-corrected chi connectivity index (χ1v) is 32.0. The van der Waals surface area contributed by atoms with E-state index in [2.05, 4.69) is 31.9 Å². The first-order valence-electron chi connectivity index (χ1n) is 32.0. The van der Waals surface area contributed by atoms with Gasteiger partial charge in [-0.15, -0.1) is 0 Å². The van der Waals surface area contributed by atoms with E-state index < -0.39 is 196 Å². The van der Waals surface area contributed by atoms with Crippen molar-refractivity contribution in [2.45, 2.75) is 178 Å². The van der Waals surface area contributed by atoms with Crippen molar-refractivity contribution in [2.24, 2.45) is 5.92 Å². The molecule has 0 radical (unpaired) electrons. The Labute approximate surface area is 555 Å². The van der Waals surface area contributed by atoms with Crippen molar-refractivity contribution in [1.29, 1.82) is 0 Å². The Bertz CT molecular complexity index is 3410. The zero-order chi connectivity index (χ0) is 69.9. The van der Waals surface area contributed by atoms with E-state index in [4.69, 9.17) is 23.7 Å². The second-order valence-corrected chi connectivity index (χ2v) is 26.6. The smallest absolute Gasteiger partial charge is 0.408 e. The molecule has 1 aliphatic carbocycles. The zero-order valence-corrected chi connectivity index (χ0v) is 54.9. The van der Waals surface area contributed by atoms with Gasteiger partial charge in [-0.2, -0.15) is 0 Å². The highest BCUT2D eigenvalue weighted by molar-refractivity contribution is 5.98. The first-order chi connectivity index (χ1) is 45.4. The molecule has 4 aliphatic rings. The molecule has 1 unspecified atom stereocenters. The van der Waals surface area contributed by atoms with Crippen LogP contribution in [-0.4, -0.2) is 218 Å². The molecule has 3 aliphatic heterocycles. The Morgan fingerprint density at radius 3 is 1.90 bits per heavy atom. The summed E-state index contributed by atoms with van der Waals surface area (Å²) in [5.41, 5.74) is 2.83. The third-order valence-electron chi connectivity index (χ3n) is 16.6. The minimum atomic E-state index is -2.17. The number of hydrogen-bond acceptors (Lipinski definition) is 20. The number of benzene rings is 4. The van der Waals surface area contributed by atoms with Gasteiger partial charge >= 0.3 is 18.2 Å². The van der Waals surface area contributed by atoms with E-state index in [-0.39, 0.29) is 42.7 Å². The van der Waals surface area contributed by atoms with Gasteiger partial charge in [0.05, 0.1) is 36.6 Å². The van der Waals surface area contributed by atoms with Crippen molar-refractivity contribution in [3.63, 3.8) is 0 Å². The molecule has 3 heterocycles. The molecule has 4 aromatic carbocycles. The lowest BCUT2D eigenvalue weighted by molar-refractivity contribution is -0.157. The molecule has 28 heteroatoms. The largest absolute Gasteiger partial charge is 0.485 e. The molecule has 28 nitrogen and oxygen atoms in total. The van der Waals surface area contributed by atoms with Crippen LogP contribution in [0.4, 0.5) is 9.59 Å². The van der Waals surface area contributed by atoms with E-state index in [1.165, 1.54) is 45.9 Å². The van der Waals surface area contributed by atoms with Crippen molar-refractivity contribution < 1.29 is 97.5 Å². The van der Waals surface area contributed by atoms with Crippen LogP contribution in [0.5, 0.6) is 11.5 Å². The minimum absolute atomic E-state index is 0.0155. The molecular formula is C68H88N8O20. The van der Waals surface area contributed by atoms with Crippen molar-refractivity contribution in [3.8, 4) is 22.6 Å². The summed E-state index contributed by atoms with van der Waals surface area (Å²) in [6, 6.07) is 17.3. The van der Waals surface area contributed by atoms with E-state index in [0.717, 1.165) is 44.5 Å². The summed E-state index contributed by atoms with van der Waals surface area (Å²) in [7, 11) is 0. The second kappa shape index (κ2) is 31.7. The third-order valence-corrected chi connectivity index (χ3v) is 16.6. The number of aliphatic hydroxyl groups is 6. The molecule has 8 amide bonds. The molecule has 96 heavy (non-hydrogen) atoms. The molecule has 0 saturated carbocycles. The fraction of sp³-hybridized carbons (Fsp3) is 0.515. The van der Waals surface area contributed by atoms with E-state index in [1.807, 2.05) is 78.9 Å². The summed E-state index contributed by atoms with van der Waals surface area (Å²) in [4.78, 5) is 130. The molecule has 8 rings (SSSR count). The number of aliphatic hydroxyl groups excluding tert-OH is 6. The van der Waals surface area contributed by atoms with Crippen molar-refractivity contribution in [1.82, 2.24) is 41.7 Å². The molecule has 0 bridgehead atoms. The van der Waals surface area contributed by atoms with E-state index in [1.54, 1.807) is 20.8 Å². The fourth-order valence-corrected chi connectivity index (χ4v) is 12.0. The van der Waals surface area contributed by atoms with Crippen molar-refractivity contribution in [2.75, 3.05) is 39.4 Å². The molecule has 520 valence electrons. The number of β-amino-alcohol motifs (C(OH)–C–C–N with tert-alkyl or cyclic N) is 1. The van der Waals surface area contributed by atoms with E-state index in [0.29, 0.717) is 0 Å². The number of carbonyl (C=O) groups excluding carboxylic acids is 9. The van der Waals surface area contributed by atoms with Crippen molar-refractivity contribution >= 4 is 53.6 Å². The molecule has 3 fully saturated rings. The molecule has 0 spiro atoms. The van der Waals surface area contributed by atoms with Gasteiger partial charge in [0.2, 0.25) is 35.4 Å². The highest BCUT2D eigenvalue weighted by Gasteiger charge is 2.50. The van der Waals surface area contributed by atoms with Gasteiger partial charge in [-0.3, -0.25) is 28.8 Å². The van der Waals surface area contributed by atoms with Gasteiger partial charge in [0.25, 0.3) is 0 Å². The normalized spacial score (nSPS) is 24.8. The number of amides is 8. The van der Waals surface area contributed by atoms with E-state index in [9.17, 15) is 64.2 Å². The van der Waals surface area contributed by atoms with E-state index >= 15 is 9.59 Å². The number of esters is 1. The lowest BCUT2D eigenvalue weighted by atomic mass is 9.98. The Hall–Kier alpha value is -8.93. The van der Waals surface area contributed by atoms with Crippen LogP contribution < -0.4 is 41.4 Å². The number of nitrogens with one attached hydrogen (secondary N) is 6. The molecular weight excluding hydrogens is 1250 g/mol. The van der Waals surface area contributed by atoms with Crippen LogP contribution in [0.2, 0.25) is 0 Å². The van der Waals surface area contributed by atoms with Gasteiger partial charge in [-0.1, -0.05) is 91.9 Å². The Balaban J connectivity index is 1.14. The summed E-state index contributed by atoms with van der Waals surface area (Å²) in [6.45, 7) is 9.58. The topological polar surface area (TPSA) is 400 Å². The van der Waals surface area contributed by atoms with Crippen molar-refractivity contribution in [3.05, 3.63) is 119 Å². The summed E-state index contributed by atoms with van der Waals surface area (Å²) < 4.78 is 28.6. The highest BCUT2D eigenvalue weighted by atomic mass is 16.6. The average Bonchev–Trinajstić information content (AvgIpc) is 1.63. The lowest BCUT2D eigenvalue weighted by Crippen LogP contribution is -2.64.